The SMILES string of the molecule is COC(=O)N1C[C@H](NC(=O)[C@@H]2C[C@H](C#N)CN2)C[C@@H]1CNC(=O)c1ccc(-c2cnc(-c3ccccc3)s2)cc1F. The van der Waals surface area contributed by atoms with Crippen LogP contribution in [0.2, 0.25) is 0 Å². The molecular weight excluding hydrogens is 547 g/mol. The molecule has 2 aliphatic heterocycles. The van der Waals surface area contributed by atoms with E-state index >= 15 is 4.39 Å². The van der Waals surface area contributed by atoms with Gasteiger partial charge in [0.1, 0.15) is 10.8 Å². The first kappa shape index (κ1) is 28.2. The van der Waals surface area contributed by atoms with Crippen LogP contribution in [0, 0.1) is 23.1 Å². The molecule has 3 heterocycles. The van der Waals surface area contributed by atoms with Crippen molar-refractivity contribution in [3.63, 3.8) is 0 Å². The number of carbonyl (C=O) groups is 3. The molecule has 2 fully saturated rings. The molecule has 4 atom stereocenters. The van der Waals surface area contributed by atoms with Crippen LogP contribution in [0.5, 0.6) is 0 Å². The molecule has 3 aromatic rings. The number of hydrogen-bond donors (Lipinski definition) is 3. The first-order valence-electron chi connectivity index (χ1n) is 13.2. The van der Waals surface area contributed by atoms with E-state index in [2.05, 4.69) is 27.0 Å². The van der Waals surface area contributed by atoms with Crippen LogP contribution in [-0.2, 0) is 9.53 Å². The van der Waals surface area contributed by atoms with Gasteiger partial charge in [0, 0.05) is 37.4 Å². The maximum atomic E-state index is 15.0. The van der Waals surface area contributed by atoms with Crippen molar-refractivity contribution in [3.8, 4) is 27.1 Å². The lowest BCUT2D eigenvalue weighted by atomic mass is 10.1. The highest BCUT2D eigenvalue weighted by Crippen LogP contribution is 2.32. The Balaban J connectivity index is 1.20. The lowest BCUT2D eigenvalue weighted by Crippen LogP contribution is -2.46. The predicted molar refractivity (Wildman–Crippen MR) is 150 cm³/mol. The summed E-state index contributed by atoms with van der Waals surface area (Å²) in [5.41, 5.74) is 1.47. The molecule has 2 saturated heterocycles. The zero-order valence-corrected chi connectivity index (χ0v) is 23.1. The van der Waals surface area contributed by atoms with E-state index in [1.807, 2.05) is 30.3 Å². The van der Waals surface area contributed by atoms with Gasteiger partial charge in [0.2, 0.25) is 5.91 Å². The summed E-state index contributed by atoms with van der Waals surface area (Å²) in [7, 11) is 1.26. The second-order valence-electron chi connectivity index (χ2n) is 10.0. The van der Waals surface area contributed by atoms with Gasteiger partial charge in [-0.2, -0.15) is 5.26 Å². The van der Waals surface area contributed by atoms with Crippen LogP contribution in [0.1, 0.15) is 23.2 Å². The number of hydrogen-bond acceptors (Lipinski definition) is 8. The first-order chi connectivity index (χ1) is 19.9. The zero-order chi connectivity index (χ0) is 28.9. The van der Waals surface area contributed by atoms with Gasteiger partial charge in [-0.15, -0.1) is 11.3 Å². The number of benzene rings is 2. The molecule has 3 N–H and O–H groups in total. The lowest BCUT2D eigenvalue weighted by Gasteiger charge is -2.23. The summed E-state index contributed by atoms with van der Waals surface area (Å²) in [5.74, 6) is -1.73. The summed E-state index contributed by atoms with van der Waals surface area (Å²) >= 11 is 1.43. The molecule has 2 aromatic carbocycles. The standard InChI is InChI=1S/C29H29FN6O4S/c1-40-29(39)36-16-20(35-27(38)24-9-17(12-31)13-32-24)11-21(36)14-33-26(37)22-8-7-19(10-23(22)30)25-15-34-28(41-25)18-5-3-2-4-6-18/h2-8,10,15,17,20-21,24,32H,9,11,13-14,16H2,1H3,(H,33,37)(H,35,38)/t17-,20-,21-,24+/m1/s1. The van der Waals surface area contributed by atoms with Crippen molar-refractivity contribution in [1.82, 2.24) is 25.8 Å². The highest BCUT2D eigenvalue weighted by atomic mass is 32.1. The fourth-order valence-electron chi connectivity index (χ4n) is 5.17. The van der Waals surface area contributed by atoms with Crippen molar-refractivity contribution in [2.24, 2.45) is 5.92 Å². The molecule has 0 bridgehead atoms. The van der Waals surface area contributed by atoms with Crippen LogP contribution in [0.4, 0.5) is 9.18 Å². The molecule has 0 spiro atoms. The van der Waals surface area contributed by atoms with Crippen LogP contribution in [-0.4, -0.2) is 72.7 Å². The third-order valence-corrected chi connectivity index (χ3v) is 8.42. The Hall–Kier alpha value is -4.34. The summed E-state index contributed by atoms with van der Waals surface area (Å²) < 4.78 is 19.9. The van der Waals surface area contributed by atoms with E-state index in [1.165, 1.54) is 35.5 Å². The number of amides is 3. The van der Waals surface area contributed by atoms with E-state index < -0.39 is 29.9 Å². The van der Waals surface area contributed by atoms with E-state index in [1.54, 1.807) is 12.3 Å². The Morgan fingerprint density at radius 2 is 2.00 bits per heavy atom. The van der Waals surface area contributed by atoms with Gasteiger partial charge in [-0.3, -0.25) is 9.59 Å². The molecular formula is C29H29FN6O4S. The average molecular weight is 577 g/mol. The number of rotatable bonds is 7. The number of carbonyl (C=O) groups excluding carboxylic acids is 3. The Kier molecular flexibility index (Phi) is 8.56. The van der Waals surface area contributed by atoms with Gasteiger partial charge >= 0.3 is 6.09 Å². The molecule has 0 saturated carbocycles. The number of nitrogens with zero attached hydrogens (tertiary/aromatic N) is 3. The highest BCUT2D eigenvalue weighted by molar-refractivity contribution is 7.18. The Bertz CT molecular complexity index is 1480. The van der Waals surface area contributed by atoms with Gasteiger partial charge < -0.3 is 25.6 Å². The number of likely N-dealkylation sites (tertiary alicyclic amines) is 1. The minimum Gasteiger partial charge on any atom is -0.453 e. The topological polar surface area (TPSA) is 136 Å². The summed E-state index contributed by atoms with van der Waals surface area (Å²) in [6, 6.07) is 15.0. The van der Waals surface area contributed by atoms with E-state index in [0.717, 1.165) is 15.4 Å². The van der Waals surface area contributed by atoms with E-state index in [-0.39, 0.29) is 36.5 Å². The van der Waals surface area contributed by atoms with E-state index in [4.69, 9.17) is 10.00 Å². The summed E-state index contributed by atoms with van der Waals surface area (Å²) in [6.07, 6.45) is 1.91. The normalized spacial score (nSPS) is 21.7. The molecule has 0 radical (unpaired) electrons. The van der Waals surface area contributed by atoms with Crippen LogP contribution in [0.15, 0.2) is 54.7 Å². The summed E-state index contributed by atoms with van der Waals surface area (Å²) in [5, 5.41) is 18.6. The van der Waals surface area contributed by atoms with Crippen LogP contribution < -0.4 is 16.0 Å². The monoisotopic (exact) mass is 576 g/mol. The van der Waals surface area contributed by atoms with Crippen LogP contribution >= 0.6 is 11.3 Å². The minimum absolute atomic E-state index is 0.0506. The van der Waals surface area contributed by atoms with Crippen molar-refractivity contribution < 1.29 is 23.5 Å². The molecule has 5 rings (SSSR count). The quantitative estimate of drug-likeness (QED) is 0.393. The smallest absolute Gasteiger partial charge is 0.409 e. The third kappa shape index (κ3) is 6.37. The largest absolute Gasteiger partial charge is 0.453 e. The van der Waals surface area contributed by atoms with Gasteiger partial charge in [0.25, 0.3) is 5.91 Å². The molecule has 0 aliphatic carbocycles. The van der Waals surface area contributed by atoms with E-state index in [9.17, 15) is 14.4 Å². The number of nitrogens with one attached hydrogen (secondary N) is 3. The third-order valence-electron chi connectivity index (χ3n) is 7.32. The molecule has 1 aromatic heterocycles. The fraction of sp³-hybridized carbons (Fsp3) is 0.345. The predicted octanol–water partition coefficient (Wildman–Crippen LogP) is 3.17. The van der Waals surface area contributed by atoms with E-state index in [0.29, 0.717) is 24.9 Å². The van der Waals surface area contributed by atoms with Crippen molar-refractivity contribution >= 4 is 29.2 Å². The Morgan fingerprint density at radius 1 is 1.20 bits per heavy atom. The van der Waals surface area contributed by atoms with Crippen molar-refractivity contribution in [2.45, 2.75) is 31.0 Å². The maximum Gasteiger partial charge on any atom is 0.409 e. The number of nitriles is 1. The van der Waals surface area contributed by atoms with Gasteiger partial charge in [0.15, 0.2) is 0 Å². The molecule has 2 aliphatic rings. The molecule has 12 heteroatoms. The summed E-state index contributed by atoms with van der Waals surface area (Å²) in [4.78, 5) is 44.6. The van der Waals surface area contributed by atoms with Crippen molar-refractivity contribution in [2.75, 3.05) is 26.7 Å². The van der Waals surface area contributed by atoms with Crippen molar-refractivity contribution in [3.05, 3.63) is 66.1 Å². The first-order valence-corrected chi connectivity index (χ1v) is 14.0. The summed E-state index contributed by atoms with van der Waals surface area (Å²) in [6.45, 7) is 0.712. The van der Waals surface area contributed by atoms with Crippen LogP contribution in [0.3, 0.4) is 0 Å². The van der Waals surface area contributed by atoms with Gasteiger partial charge in [-0.25, -0.2) is 14.2 Å². The fourth-order valence-corrected chi connectivity index (χ4v) is 6.09. The zero-order valence-electron chi connectivity index (χ0n) is 22.3. The van der Waals surface area contributed by atoms with Gasteiger partial charge in [0.05, 0.1) is 41.6 Å². The van der Waals surface area contributed by atoms with Crippen molar-refractivity contribution in [1.29, 1.82) is 5.26 Å². The lowest BCUT2D eigenvalue weighted by molar-refractivity contribution is -0.123. The molecule has 41 heavy (non-hydrogen) atoms. The highest BCUT2D eigenvalue weighted by Gasteiger charge is 2.38. The Labute approximate surface area is 240 Å². The van der Waals surface area contributed by atoms with Crippen LogP contribution in [0.25, 0.3) is 21.0 Å². The molecule has 3 amide bonds. The number of halogens is 1. The average Bonchev–Trinajstić information content (AvgIpc) is 3.76. The molecule has 10 nitrogen and oxygen atoms in total. The molecule has 0 unspecified atom stereocenters. The maximum absolute atomic E-state index is 15.0. The minimum atomic E-state index is -0.671. The number of aromatic nitrogens is 1. The Morgan fingerprint density at radius 3 is 2.71 bits per heavy atom. The second kappa shape index (κ2) is 12.4. The number of thiazole rings is 1. The number of ether oxygens (including phenoxy) is 1. The number of methoxy groups -OCH3 is 1. The second-order valence-corrected chi connectivity index (χ2v) is 11.1. The van der Waals surface area contributed by atoms with Gasteiger partial charge in [-0.1, -0.05) is 36.4 Å². The molecule has 212 valence electrons. The van der Waals surface area contributed by atoms with Gasteiger partial charge in [-0.05, 0) is 30.5 Å².